The van der Waals surface area contributed by atoms with E-state index in [4.69, 9.17) is 5.73 Å². The van der Waals surface area contributed by atoms with Crippen LogP contribution in [-0.4, -0.2) is 25.0 Å². The number of amides is 1. The smallest absolute Gasteiger partial charge is 0.340 e. The van der Waals surface area contributed by atoms with Gasteiger partial charge in [-0.15, -0.1) is 0 Å². The minimum atomic E-state index is -1.06. The third kappa shape index (κ3) is 3.74. The maximum Gasteiger partial charge on any atom is 0.340 e. The maximum absolute atomic E-state index is 13.6. The lowest BCUT2D eigenvalue weighted by atomic mass is 10.1. The molecule has 1 amide bonds. The SMILES string of the molecule is CCC[C@H](N)C(=O)Nc1cc(C(=O)OC)c(F)cc1F. The van der Waals surface area contributed by atoms with Crippen LogP contribution in [0.25, 0.3) is 0 Å². The largest absolute Gasteiger partial charge is 0.465 e. The van der Waals surface area contributed by atoms with Gasteiger partial charge in [0.1, 0.15) is 11.6 Å². The molecule has 0 saturated heterocycles. The summed E-state index contributed by atoms with van der Waals surface area (Å²) >= 11 is 0. The molecule has 0 spiro atoms. The summed E-state index contributed by atoms with van der Waals surface area (Å²) in [5.74, 6) is -3.62. The number of benzene rings is 1. The number of methoxy groups -OCH3 is 1. The minimum Gasteiger partial charge on any atom is -0.465 e. The lowest BCUT2D eigenvalue weighted by molar-refractivity contribution is -0.117. The van der Waals surface area contributed by atoms with Crippen LogP contribution in [0, 0.1) is 11.6 Å². The van der Waals surface area contributed by atoms with Crippen molar-refractivity contribution in [1.29, 1.82) is 0 Å². The van der Waals surface area contributed by atoms with E-state index in [1.807, 2.05) is 6.92 Å². The Morgan fingerprint density at radius 3 is 2.55 bits per heavy atom. The Bertz CT molecular complexity index is 521. The van der Waals surface area contributed by atoms with Crippen molar-refractivity contribution in [2.45, 2.75) is 25.8 Å². The Morgan fingerprint density at radius 1 is 1.35 bits per heavy atom. The second-order valence-electron chi connectivity index (χ2n) is 4.19. The molecule has 0 unspecified atom stereocenters. The van der Waals surface area contributed by atoms with Crippen LogP contribution in [0.15, 0.2) is 12.1 Å². The molecule has 1 aromatic rings. The van der Waals surface area contributed by atoms with Crippen LogP contribution in [0.1, 0.15) is 30.1 Å². The van der Waals surface area contributed by atoms with Gasteiger partial charge >= 0.3 is 5.97 Å². The van der Waals surface area contributed by atoms with Crippen LogP contribution in [0.2, 0.25) is 0 Å². The molecule has 1 rings (SSSR count). The molecule has 0 bridgehead atoms. The van der Waals surface area contributed by atoms with Gasteiger partial charge in [-0.05, 0) is 12.5 Å². The zero-order valence-electron chi connectivity index (χ0n) is 11.2. The fraction of sp³-hybridized carbons (Fsp3) is 0.385. The molecule has 1 atom stereocenters. The topological polar surface area (TPSA) is 81.4 Å². The van der Waals surface area contributed by atoms with Crippen LogP contribution in [-0.2, 0) is 9.53 Å². The van der Waals surface area contributed by atoms with E-state index >= 15 is 0 Å². The number of anilines is 1. The van der Waals surface area contributed by atoms with Gasteiger partial charge in [-0.2, -0.15) is 0 Å². The standard InChI is InChI=1S/C13H16F2N2O3/c1-3-4-10(16)12(18)17-11-5-7(13(19)20-2)8(14)6-9(11)15/h5-6,10H,3-4,16H2,1-2H3,(H,17,18)/t10-/m0/s1. The lowest BCUT2D eigenvalue weighted by Gasteiger charge is -2.13. The molecule has 0 aliphatic rings. The van der Waals surface area contributed by atoms with Crippen LogP contribution in [0.4, 0.5) is 14.5 Å². The summed E-state index contributed by atoms with van der Waals surface area (Å²) in [6.07, 6.45) is 1.12. The Hall–Kier alpha value is -2.02. The van der Waals surface area contributed by atoms with Gasteiger partial charge in [0.15, 0.2) is 0 Å². The number of ether oxygens (including phenoxy) is 1. The highest BCUT2D eigenvalue weighted by Gasteiger charge is 2.19. The van der Waals surface area contributed by atoms with Gasteiger partial charge in [-0.25, -0.2) is 13.6 Å². The molecular weight excluding hydrogens is 270 g/mol. The molecule has 110 valence electrons. The van der Waals surface area contributed by atoms with Crippen molar-refractivity contribution in [3.8, 4) is 0 Å². The number of rotatable bonds is 5. The number of esters is 1. The summed E-state index contributed by atoms with van der Waals surface area (Å²) in [6, 6.07) is 0.589. The molecule has 3 N–H and O–H groups in total. The highest BCUT2D eigenvalue weighted by Crippen LogP contribution is 2.20. The third-order valence-electron chi connectivity index (χ3n) is 2.66. The van der Waals surface area contributed by atoms with E-state index in [1.54, 1.807) is 0 Å². The van der Waals surface area contributed by atoms with E-state index < -0.39 is 35.1 Å². The predicted molar refractivity (Wildman–Crippen MR) is 69.2 cm³/mol. The molecule has 0 aromatic heterocycles. The summed E-state index contributed by atoms with van der Waals surface area (Å²) in [5.41, 5.74) is 4.80. The van der Waals surface area contributed by atoms with Gasteiger partial charge in [-0.3, -0.25) is 4.79 Å². The first-order valence-corrected chi connectivity index (χ1v) is 6.04. The quantitative estimate of drug-likeness (QED) is 0.809. The van der Waals surface area contributed by atoms with Crippen LogP contribution < -0.4 is 11.1 Å². The van der Waals surface area contributed by atoms with Gasteiger partial charge in [0, 0.05) is 6.07 Å². The van der Waals surface area contributed by atoms with Crippen molar-refractivity contribution in [2.24, 2.45) is 5.73 Å². The zero-order chi connectivity index (χ0) is 15.3. The molecular formula is C13H16F2N2O3. The number of carbonyl (C=O) groups excluding carboxylic acids is 2. The number of nitrogens with one attached hydrogen (secondary N) is 1. The third-order valence-corrected chi connectivity index (χ3v) is 2.66. The number of carbonyl (C=O) groups is 2. The average molecular weight is 286 g/mol. The monoisotopic (exact) mass is 286 g/mol. The maximum atomic E-state index is 13.6. The fourth-order valence-corrected chi connectivity index (χ4v) is 1.58. The predicted octanol–water partition coefficient (Wildman–Crippen LogP) is 1.82. The normalized spacial score (nSPS) is 11.8. The van der Waals surface area contributed by atoms with Crippen molar-refractivity contribution >= 4 is 17.6 Å². The molecule has 0 aliphatic carbocycles. The summed E-state index contributed by atoms with van der Waals surface area (Å²) in [4.78, 5) is 23.0. The Morgan fingerprint density at radius 2 is 2.00 bits per heavy atom. The summed E-state index contributed by atoms with van der Waals surface area (Å²) in [5, 5.41) is 2.23. The van der Waals surface area contributed by atoms with E-state index in [-0.39, 0.29) is 5.69 Å². The highest BCUT2D eigenvalue weighted by molar-refractivity contribution is 5.97. The van der Waals surface area contributed by atoms with Gasteiger partial charge in [0.2, 0.25) is 5.91 Å². The molecule has 0 aliphatic heterocycles. The average Bonchev–Trinajstić information content (AvgIpc) is 2.41. The van der Waals surface area contributed by atoms with E-state index in [0.717, 1.165) is 13.2 Å². The van der Waals surface area contributed by atoms with Crippen molar-refractivity contribution in [3.63, 3.8) is 0 Å². The fourth-order valence-electron chi connectivity index (χ4n) is 1.58. The van der Waals surface area contributed by atoms with Gasteiger partial charge in [0.05, 0.1) is 24.4 Å². The van der Waals surface area contributed by atoms with Crippen LogP contribution >= 0.6 is 0 Å². The van der Waals surface area contributed by atoms with Crippen molar-refractivity contribution in [1.82, 2.24) is 0 Å². The van der Waals surface area contributed by atoms with E-state index in [1.165, 1.54) is 0 Å². The Labute approximate surface area is 115 Å². The molecule has 20 heavy (non-hydrogen) atoms. The second kappa shape index (κ2) is 6.95. The molecule has 0 heterocycles. The Balaban J connectivity index is 3.01. The number of hydrogen-bond acceptors (Lipinski definition) is 4. The van der Waals surface area contributed by atoms with Gasteiger partial charge < -0.3 is 15.8 Å². The number of hydrogen-bond donors (Lipinski definition) is 2. The second-order valence-corrected chi connectivity index (χ2v) is 4.19. The first-order chi connectivity index (χ1) is 9.40. The van der Waals surface area contributed by atoms with E-state index in [0.29, 0.717) is 18.9 Å². The molecule has 7 heteroatoms. The first-order valence-electron chi connectivity index (χ1n) is 6.04. The van der Waals surface area contributed by atoms with Crippen molar-refractivity contribution in [3.05, 3.63) is 29.3 Å². The minimum absolute atomic E-state index is 0.316. The van der Waals surface area contributed by atoms with Crippen molar-refractivity contribution in [2.75, 3.05) is 12.4 Å². The van der Waals surface area contributed by atoms with Gasteiger partial charge in [0.25, 0.3) is 0 Å². The summed E-state index contributed by atoms with van der Waals surface area (Å²) < 4.78 is 31.3. The molecule has 0 saturated carbocycles. The molecule has 5 nitrogen and oxygen atoms in total. The zero-order valence-corrected chi connectivity index (χ0v) is 11.2. The van der Waals surface area contributed by atoms with Crippen LogP contribution in [0.5, 0.6) is 0 Å². The number of nitrogens with two attached hydrogens (primary N) is 1. The van der Waals surface area contributed by atoms with Crippen LogP contribution in [0.3, 0.4) is 0 Å². The summed E-state index contributed by atoms with van der Waals surface area (Å²) in [7, 11) is 1.07. The van der Waals surface area contributed by atoms with E-state index in [2.05, 4.69) is 10.1 Å². The molecule has 0 radical (unpaired) electrons. The van der Waals surface area contributed by atoms with Gasteiger partial charge in [-0.1, -0.05) is 13.3 Å². The molecule has 1 aromatic carbocycles. The lowest BCUT2D eigenvalue weighted by Crippen LogP contribution is -2.35. The van der Waals surface area contributed by atoms with Crippen molar-refractivity contribution < 1.29 is 23.1 Å². The highest BCUT2D eigenvalue weighted by atomic mass is 19.1. The van der Waals surface area contributed by atoms with E-state index in [9.17, 15) is 18.4 Å². The first kappa shape index (κ1) is 16.0. The molecule has 0 fully saturated rings. The summed E-state index contributed by atoms with van der Waals surface area (Å²) in [6.45, 7) is 1.85. The number of halogens is 2. The Kier molecular flexibility index (Phi) is 5.57.